The van der Waals surface area contributed by atoms with E-state index in [0.717, 1.165) is 16.3 Å². The summed E-state index contributed by atoms with van der Waals surface area (Å²) in [6.45, 7) is 0. The van der Waals surface area contributed by atoms with E-state index in [1.54, 1.807) is 16.0 Å². The van der Waals surface area contributed by atoms with Crippen LogP contribution in [0.1, 0.15) is 9.67 Å². The van der Waals surface area contributed by atoms with E-state index in [2.05, 4.69) is 10.4 Å². The largest absolute Gasteiger partial charge is 0.318 e. The molecular weight excluding hydrogens is 338 g/mol. The molecule has 0 aliphatic carbocycles. The highest BCUT2D eigenvalue weighted by atomic mass is 32.1. The molecule has 1 amide bonds. The molecule has 24 heavy (non-hydrogen) atoms. The zero-order valence-corrected chi connectivity index (χ0v) is 14.2. The maximum absolute atomic E-state index is 12.4. The highest BCUT2D eigenvalue weighted by molar-refractivity contribution is 7.13. The van der Waals surface area contributed by atoms with Gasteiger partial charge in [-0.25, -0.2) is 4.68 Å². The van der Waals surface area contributed by atoms with E-state index in [-0.39, 0.29) is 5.91 Å². The number of nitrogens with zero attached hydrogens (tertiary/aromatic N) is 2. The number of carbonyl (C=O) groups excluding carboxylic acids is 1. The smallest absolute Gasteiger partial charge is 0.265 e. The number of hydrogen-bond donors (Lipinski definition) is 1. The van der Waals surface area contributed by atoms with E-state index in [1.807, 2.05) is 71.6 Å². The summed E-state index contributed by atoms with van der Waals surface area (Å²) in [6, 6.07) is 17.5. The molecule has 4 aromatic rings. The maximum Gasteiger partial charge on any atom is 0.265 e. The van der Waals surface area contributed by atoms with E-state index in [4.69, 9.17) is 0 Å². The van der Waals surface area contributed by atoms with E-state index >= 15 is 0 Å². The quantitative estimate of drug-likeness (QED) is 0.567. The summed E-state index contributed by atoms with van der Waals surface area (Å²) in [5.41, 5.74) is 2.44. The lowest BCUT2D eigenvalue weighted by Gasteiger charge is -2.02. The van der Waals surface area contributed by atoms with Crippen molar-refractivity contribution in [1.82, 2.24) is 9.78 Å². The third-order valence-corrected chi connectivity index (χ3v) is 5.23. The first-order valence-corrected chi connectivity index (χ1v) is 9.11. The van der Waals surface area contributed by atoms with E-state index in [9.17, 15) is 4.79 Å². The molecule has 4 rings (SSSR count). The number of nitrogens with one attached hydrogen (secondary N) is 1. The van der Waals surface area contributed by atoms with Gasteiger partial charge in [0.25, 0.3) is 5.91 Å². The number of amides is 1. The average molecular weight is 351 g/mol. The number of hydrogen-bond acceptors (Lipinski definition) is 4. The van der Waals surface area contributed by atoms with Crippen molar-refractivity contribution in [2.45, 2.75) is 0 Å². The zero-order valence-electron chi connectivity index (χ0n) is 12.5. The highest BCUT2D eigenvalue weighted by Gasteiger charge is 2.16. The number of aromatic nitrogens is 2. The van der Waals surface area contributed by atoms with Crippen LogP contribution < -0.4 is 5.32 Å². The van der Waals surface area contributed by atoms with Crippen molar-refractivity contribution in [3.63, 3.8) is 0 Å². The highest BCUT2D eigenvalue weighted by Crippen LogP contribution is 2.31. The Morgan fingerprint density at radius 2 is 1.75 bits per heavy atom. The van der Waals surface area contributed by atoms with Gasteiger partial charge in [0.1, 0.15) is 5.69 Å². The predicted molar refractivity (Wildman–Crippen MR) is 99.1 cm³/mol. The molecule has 0 spiro atoms. The van der Waals surface area contributed by atoms with Crippen molar-refractivity contribution >= 4 is 34.3 Å². The van der Waals surface area contributed by atoms with Crippen molar-refractivity contribution in [2.24, 2.45) is 0 Å². The summed E-state index contributed by atoms with van der Waals surface area (Å²) in [5.74, 6) is -0.115. The van der Waals surface area contributed by atoms with Crippen LogP contribution in [-0.2, 0) is 0 Å². The maximum atomic E-state index is 12.4. The summed E-state index contributed by atoms with van der Waals surface area (Å²) in [7, 11) is 0. The van der Waals surface area contributed by atoms with Gasteiger partial charge < -0.3 is 5.32 Å². The van der Waals surface area contributed by atoms with Gasteiger partial charge in [0.15, 0.2) is 0 Å². The van der Waals surface area contributed by atoms with E-state index in [0.29, 0.717) is 10.6 Å². The van der Waals surface area contributed by atoms with Gasteiger partial charge in [0, 0.05) is 0 Å². The second-order valence-electron chi connectivity index (χ2n) is 5.08. The van der Waals surface area contributed by atoms with Gasteiger partial charge in [-0.05, 0) is 35.0 Å². The standard InChI is InChI=1S/C18H13N3OS2/c22-18(16-9-5-11-24-16)19-14-12-21(13-6-2-1-3-7-13)20-17(14)15-8-4-10-23-15/h1-12H,(H,19,22). The molecule has 4 nitrogen and oxygen atoms in total. The van der Waals surface area contributed by atoms with Crippen LogP contribution in [0.5, 0.6) is 0 Å². The SMILES string of the molecule is O=C(Nc1cn(-c2ccccc2)nc1-c1cccs1)c1cccs1. The first-order chi connectivity index (χ1) is 11.8. The fourth-order valence-corrected chi connectivity index (χ4v) is 3.71. The molecular formula is C18H13N3OS2. The zero-order chi connectivity index (χ0) is 16.4. The Morgan fingerprint density at radius 3 is 2.46 bits per heavy atom. The molecule has 0 aliphatic heterocycles. The molecule has 0 aliphatic rings. The first kappa shape index (κ1) is 14.9. The fourth-order valence-electron chi connectivity index (χ4n) is 2.37. The number of benzene rings is 1. The normalized spacial score (nSPS) is 10.7. The Bertz CT molecular complexity index is 942. The van der Waals surface area contributed by atoms with Crippen LogP contribution in [0.2, 0.25) is 0 Å². The minimum Gasteiger partial charge on any atom is -0.318 e. The number of anilines is 1. The molecule has 3 heterocycles. The van der Waals surface area contributed by atoms with Crippen molar-refractivity contribution < 1.29 is 4.79 Å². The first-order valence-electron chi connectivity index (χ1n) is 7.35. The molecule has 0 radical (unpaired) electrons. The Kier molecular flexibility index (Phi) is 3.98. The monoisotopic (exact) mass is 351 g/mol. The molecule has 1 aromatic carbocycles. The van der Waals surface area contributed by atoms with Crippen molar-refractivity contribution in [3.05, 3.63) is 76.4 Å². The van der Waals surface area contributed by atoms with Gasteiger partial charge in [-0.2, -0.15) is 5.10 Å². The van der Waals surface area contributed by atoms with Crippen molar-refractivity contribution in [1.29, 1.82) is 0 Å². The minimum absolute atomic E-state index is 0.115. The minimum atomic E-state index is -0.115. The second-order valence-corrected chi connectivity index (χ2v) is 6.98. The molecule has 1 N–H and O–H groups in total. The van der Waals surface area contributed by atoms with Gasteiger partial charge in [0.2, 0.25) is 0 Å². The molecule has 0 saturated carbocycles. The van der Waals surface area contributed by atoms with Gasteiger partial charge in [0.05, 0.1) is 27.3 Å². The third-order valence-electron chi connectivity index (χ3n) is 3.48. The molecule has 0 unspecified atom stereocenters. The van der Waals surface area contributed by atoms with Crippen LogP contribution in [0, 0.1) is 0 Å². The lowest BCUT2D eigenvalue weighted by Crippen LogP contribution is -2.10. The fraction of sp³-hybridized carbons (Fsp3) is 0. The predicted octanol–water partition coefficient (Wildman–Crippen LogP) is 4.91. The van der Waals surface area contributed by atoms with Crippen LogP contribution in [0.15, 0.2) is 71.6 Å². The molecule has 6 heteroatoms. The Morgan fingerprint density at radius 1 is 0.958 bits per heavy atom. The van der Waals surface area contributed by atoms with E-state index in [1.165, 1.54) is 11.3 Å². The van der Waals surface area contributed by atoms with Crippen LogP contribution in [0.3, 0.4) is 0 Å². The van der Waals surface area contributed by atoms with Crippen LogP contribution in [0.25, 0.3) is 16.3 Å². The van der Waals surface area contributed by atoms with E-state index < -0.39 is 0 Å². The Hall–Kier alpha value is -2.70. The number of para-hydroxylation sites is 1. The van der Waals surface area contributed by atoms with Crippen LogP contribution in [0.4, 0.5) is 5.69 Å². The number of carbonyl (C=O) groups is 1. The lowest BCUT2D eigenvalue weighted by atomic mass is 10.3. The average Bonchev–Trinajstić information content (AvgIpc) is 3.36. The van der Waals surface area contributed by atoms with Crippen LogP contribution in [-0.4, -0.2) is 15.7 Å². The van der Waals surface area contributed by atoms with Gasteiger partial charge in [-0.3, -0.25) is 4.79 Å². The van der Waals surface area contributed by atoms with Crippen molar-refractivity contribution in [2.75, 3.05) is 5.32 Å². The van der Waals surface area contributed by atoms with Gasteiger partial charge in [-0.15, -0.1) is 22.7 Å². The second kappa shape index (κ2) is 6.43. The summed E-state index contributed by atoms with van der Waals surface area (Å²) in [4.78, 5) is 14.1. The Balaban J connectivity index is 1.74. The molecule has 0 atom stereocenters. The third kappa shape index (κ3) is 2.89. The van der Waals surface area contributed by atoms with Crippen LogP contribution >= 0.6 is 22.7 Å². The molecule has 0 bridgehead atoms. The molecule has 118 valence electrons. The molecule has 0 saturated heterocycles. The topological polar surface area (TPSA) is 46.9 Å². The lowest BCUT2D eigenvalue weighted by molar-refractivity contribution is 0.103. The van der Waals surface area contributed by atoms with Gasteiger partial charge >= 0.3 is 0 Å². The molecule has 0 fully saturated rings. The summed E-state index contributed by atoms with van der Waals surface area (Å²) < 4.78 is 1.79. The number of rotatable bonds is 4. The van der Waals surface area contributed by atoms with Crippen molar-refractivity contribution in [3.8, 4) is 16.3 Å². The molecule has 3 aromatic heterocycles. The number of thiophene rings is 2. The van der Waals surface area contributed by atoms with Gasteiger partial charge in [-0.1, -0.05) is 30.3 Å². The summed E-state index contributed by atoms with van der Waals surface area (Å²) in [6.07, 6.45) is 1.86. The Labute approximate surface area is 147 Å². The summed E-state index contributed by atoms with van der Waals surface area (Å²) in [5, 5.41) is 11.6. The summed E-state index contributed by atoms with van der Waals surface area (Å²) >= 11 is 3.02.